The highest BCUT2D eigenvalue weighted by Gasteiger charge is 2.30. The van der Waals surface area contributed by atoms with Gasteiger partial charge in [0.1, 0.15) is 11.6 Å². The number of anilines is 2. The average Bonchev–Trinajstić information content (AvgIpc) is 2.95. The number of sulfonamides is 1. The molecule has 1 saturated heterocycles. The van der Waals surface area contributed by atoms with Crippen LogP contribution in [0.4, 0.5) is 11.6 Å². The molecule has 1 atom stereocenters. The number of nitrogens with one attached hydrogen (secondary N) is 2. The lowest BCUT2D eigenvalue weighted by Gasteiger charge is -2.36. The Hall–Kier alpha value is -4.03. The monoisotopic (exact) mass is 566 g/mol. The van der Waals surface area contributed by atoms with Crippen LogP contribution in [0.5, 0.6) is 0 Å². The Kier molecular flexibility index (Phi) is 9.00. The Morgan fingerprint density at radius 2 is 1.57 bits per heavy atom. The third-order valence-electron chi connectivity index (χ3n) is 6.10. The number of piperazine rings is 1. The van der Waals surface area contributed by atoms with Crippen LogP contribution in [-0.2, 0) is 19.6 Å². The van der Waals surface area contributed by atoms with E-state index in [4.69, 9.17) is 4.74 Å². The summed E-state index contributed by atoms with van der Waals surface area (Å²) in [5, 5.41) is 2.69. The molecule has 1 aliphatic rings. The summed E-state index contributed by atoms with van der Waals surface area (Å²) in [5.74, 6) is -0.537. The van der Waals surface area contributed by atoms with Crippen molar-refractivity contribution < 1.29 is 22.7 Å². The summed E-state index contributed by atoms with van der Waals surface area (Å²) in [7, 11) is -4.04. The lowest BCUT2D eigenvalue weighted by molar-refractivity contribution is -0.156. The minimum atomic E-state index is -4.04. The summed E-state index contributed by atoms with van der Waals surface area (Å²) >= 11 is 0. The first-order valence-electron chi connectivity index (χ1n) is 13.0. The zero-order valence-corrected chi connectivity index (χ0v) is 23.6. The Morgan fingerprint density at radius 1 is 0.925 bits per heavy atom. The number of nitrogens with zero attached hydrogens (tertiary/aromatic N) is 4. The molecule has 0 saturated carbocycles. The van der Waals surface area contributed by atoms with Crippen molar-refractivity contribution in [2.45, 2.75) is 37.3 Å². The van der Waals surface area contributed by atoms with Gasteiger partial charge in [0.25, 0.3) is 5.91 Å². The predicted octanol–water partition coefficient (Wildman–Crippen LogP) is 2.22. The number of hydrogen-bond donors (Lipinski definition) is 2. The maximum absolute atomic E-state index is 13.1. The number of benzene rings is 2. The number of hydrogen-bond acceptors (Lipinski definition) is 9. The Labute approximate surface area is 234 Å². The number of carbonyl (C=O) groups excluding carboxylic acids is 2. The van der Waals surface area contributed by atoms with Crippen molar-refractivity contribution in [3.63, 3.8) is 0 Å². The van der Waals surface area contributed by atoms with Gasteiger partial charge in [0.15, 0.2) is 0 Å². The van der Waals surface area contributed by atoms with Gasteiger partial charge in [-0.25, -0.2) is 18.4 Å². The molecule has 1 aliphatic heterocycles. The molecular formula is C28H34N6O5S. The molecule has 0 aliphatic carbocycles. The van der Waals surface area contributed by atoms with E-state index in [2.05, 4.69) is 29.8 Å². The van der Waals surface area contributed by atoms with E-state index in [0.717, 1.165) is 31.9 Å². The molecule has 2 heterocycles. The smallest absolute Gasteiger partial charge is 0.326 e. The normalized spacial score (nSPS) is 14.9. The van der Waals surface area contributed by atoms with Gasteiger partial charge in [-0.2, -0.15) is 4.72 Å². The Morgan fingerprint density at radius 3 is 2.23 bits per heavy atom. The molecule has 11 nitrogen and oxygen atoms in total. The van der Waals surface area contributed by atoms with Crippen LogP contribution in [0.3, 0.4) is 0 Å². The summed E-state index contributed by atoms with van der Waals surface area (Å²) in [4.78, 5) is 38.9. The van der Waals surface area contributed by atoms with E-state index in [1.54, 1.807) is 75.6 Å². The van der Waals surface area contributed by atoms with Crippen LogP contribution in [0.2, 0.25) is 0 Å². The number of esters is 1. The van der Waals surface area contributed by atoms with Gasteiger partial charge in [-0.1, -0.05) is 24.3 Å². The van der Waals surface area contributed by atoms with Crippen LogP contribution < -0.4 is 19.8 Å². The number of carbonyl (C=O) groups is 2. The van der Waals surface area contributed by atoms with Gasteiger partial charge in [0.2, 0.25) is 16.0 Å². The van der Waals surface area contributed by atoms with Gasteiger partial charge in [-0.05, 0) is 57.2 Å². The second kappa shape index (κ2) is 12.4. The van der Waals surface area contributed by atoms with Crippen molar-refractivity contribution in [1.29, 1.82) is 0 Å². The van der Waals surface area contributed by atoms with E-state index >= 15 is 0 Å². The van der Waals surface area contributed by atoms with Crippen molar-refractivity contribution in [1.82, 2.24) is 20.0 Å². The molecule has 40 heavy (non-hydrogen) atoms. The fourth-order valence-corrected chi connectivity index (χ4v) is 5.37. The minimum absolute atomic E-state index is 0.00140. The van der Waals surface area contributed by atoms with Gasteiger partial charge in [-0.3, -0.25) is 9.59 Å². The molecule has 212 valence electrons. The summed E-state index contributed by atoms with van der Waals surface area (Å²) in [6.45, 7) is 7.69. The third kappa shape index (κ3) is 7.76. The number of rotatable bonds is 9. The molecule has 1 fully saturated rings. The number of amides is 1. The summed E-state index contributed by atoms with van der Waals surface area (Å²) in [6.07, 6.45) is 3.44. The Balaban J connectivity index is 1.41. The van der Waals surface area contributed by atoms with E-state index in [0.29, 0.717) is 11.5 Å². The molecule has 0 unspecified atom stereocenters. The highest BCUT2D eigenvalue weighted by atomic mass is 32.2. The van der Waals surface area contributed by atoms with E-state index in [1.165, 1.54) is 12.1 Å². The molecule has 2 aromatic carbocycles. The molecule has 0 radical (unpaired) electrons. The first-order valence-corrected chi connectivity index (χ1v) is 14.5. The van der Waals surface area contributed by atoms with E-state index < -0.39 is 33.5 Å². The first-order chi connectivity index (χ1) is 19.0. The van der Waals surface area contributed by atoms with Gasteiger partial charge in [0, 0.05) is 56.4 Å². The molecule has 12 heteroatoms. The highest BCUT2D eigenvalue weighted by molar-refractivity contribution is 7.89. The minimum Gasteiger partial charge on any atom is -0.459 e. The summed E-state index contributed by atoms with van der Waals surface area (Å²) < 4.78 is 33.6. The van der Waals surface area contributed by atoms with Crippen LogP contribution >= 0.6 is 0 Å². The van der Waals surface area contributed by atoms with Crippen molar-refractivity contribution in [3.05, 3.63) is 78.6 Å². The highest BCUT2D eigenvalue weighted by Crippen LogP contribution is 2.20. The molecule has 0 spiro atoms. The standard InChI is InChI=1S/C28H34N6O5S/c1-28(2,3)39-26(36)24(32-40(37,38)23-11-5-4-6-12-23)20-31-25(35)21-9-7-10-22(19-21)33-15-17-34(18-16-33)27-29-13-8-14-30-27/h4-14,19,24,32H,15-18,20H2,1-3H3,(H,31,35)/t24-/m0/s1. The second-order valence-corrected chi connectivity index (χ2v) is 12.0. The molecule has 2 N–H and O–H groups in total. The predicted molar refractivity (Wildman–Crippen MR) is 152 cm³/mol. The SMILES string of the molecule is CC(C)(C)OC(=O)[C@H](CNC(=O)c1cccc(N2CCN(c3ncccn3)CC2)c1)NS(=O)(=O)c1ccccc1. The molecule has 4 rings (SSSR count). The molecule has 0 bridgehead atoms. The van der Waals surface area contributed by atoms with E-state index in [9.17, 15) is 18.0 Å². The van der Waals surface area contributed by atoms with Gasteiger partial charge < -0.3 is 19.9 Å². The van der Waals surface area contributed by atoms with E-state index in [-0.39, 0.29) is 11.4 Å². The lowest BCUT2D eigenvalue weighted by atomic mass is 10.1. The van der Waals surface area contributed by atoms with Crippen LogP contribution in [0.1, 0.15) is 31.1 Å². The van der Waals surface area contributed by atoms with Crippen LogP contribution in [0, 0.1) is 0 Å². The van der Waals surface area contributed by atoms with E-state index in [1.807, 2.05) is 6.07 Å². The number of ether oxygens (including phenoxy) is 1. The maximum Gasteiger partial charge on any atom is 0.326 e. The zero-order valence-electron chi connectivity index (χ0n) is 22.8. The van der Waals surface area contributed by atoms with Gasteiger partial charge in [-0.15, -0.1) is 0 Å². The third-order valence-corrected chi connectivity index (χ3v) is 7.58. The van der Waals surface area contributed by atoms with Crippen LogP contribution in [0.15, 0.2) is 78.0 Å². The topological polar surface area (TPSA) is 134 Å². The van der Waals surface area contributed by atoms with Crippen LogP contribution in [0.25, 0.3) is 0 Å². The quantitative estimate of drug-likeness (QED) is 0.374. The van der Waals surface area contributed by atoms with Crippen molar-refractivity contribution >= 4 is 33.5 Å². The van der Waals surface area contributed by atoms with Gasteiger partial charge in [0.05, 0.1) is 4.90 Å². The fourth-order valence-electron chi connectivity index (χ4n) is 4.16. The maximum atomic E-state index is 13.1. The average molecular weight is 567 g/mol. The first kappa shape index (κ1) is 29.0. The van der Waals surface area contributed by atoms with Crippen molar-refractivity contribution in [2.24, 2.45) is 0 Å². The molecular weight excluding hydrogens is 532 g/mol. The summed E-state index contributed by atoms with van der Waals surface area (Å²) in [5.41, 5.74) is 0.428. The van der Waals surface area contributed by atoms with Crippen molar-refractivity contribution in [2.75, 3.05) is 42.5 Å². The second-order valence-electron chi connectivity index (χ2n) is 10.3. The lowest BCUT2D eigenvalue weighted by Crippen LogP contribution is -2.50. The molecule has 1 amide bonds. The number of aromatic nitrogens is 2. The largest absolute Gasteiger partial charge is 0.459 e. The zero-order chi connectivity index (χ0) is 28.8. The molecule has 1 aromatic heterocycles. The fraction of sp³-hybridized carbons (Fsp3) is 0.357. The molecule has 3 aromatic rings. The summed E-state index contributed by atoms with van der Waals surface area (Å²) in [6, 6.07) is 15.3. The van der Waals surface area contributed by atoms with Crippen molar-refractivity contribution in [3.8, 4) is 0 Å². The van der Waals surface area contributed by atoms with Gasteiger partial charge >= 0.3 is 5.97 Å². The Bertz CT molecular complexity index is 1410. The van der Waals surface area contributed by atoms with Crippen LogP contribution in [-0.4, -0.2) is 74.6 Å².